The van der Waals surface area contributed by atoms with E-state index in [0.717, 1.165) is 5.56 Å². The van der Waals surface area contributed by atoms with Gasteiger partial charge in [0.05, 0.1) is 11.6 Å². The third kappa shape index (κ3) is 4.18. The second kappa shape index (κ2) is 6.87. The first kappa shape index (κ1) is 14.3. The summed E-state index contributed by atoms with van der Waals surface area (Å²) in [5.74, 6) is -1.48. The molecule has 0 aliphatic rings. The lowest BCUT2D eigenvalue weighted by Gasteiger charge is -2.06. The molecule has 2 aromatic rings. The van der Waals surface area contributed by atoms with Crippen molar-refractivity contribution in [2.75, 3.05) is 5.32 Å². The molecule has 0 radical (unpaired) electrons. The third-order valence-corrected chi connectivity index (χ3v) is 2.75. The zero-order valence-electron chi connectivity index (χ0n) is 11.2. The highest BCUT2D eigenvalue weighted by atomic mass is 16.2. The van der Waals surface area contributed by atoms with Crippen LogP contribution in [0.5, 0.6) is 0 Å². The highest BCUT2D eigenvalue weighted by molar-refractivity contribution is 6.39. The summed E-state index contributed by atoms with van der Waals surface area (Å²) in [6, 6.07) is 17.6. The van der Waals surface area contributed by atoms with Crippen molar-refractivity contribution in [2.24, 2.45) is 0 Å². The van der Waals surface area contributed by atoms with Crippen molar-refractivity contribution in [3.8, 4) is 6.07 Å². The maximum atomic E-state index is 11.7. The van der Waals surface area contributed by atoms with Crippen LogP contribution in [0, 0.1) is 11.3 Å². The minimum absolute atomic E-state index is 0.283. The van der Waals surface area contributed by atoms with Crippen LogP contribution in [0.25, 0.3) is 0 Å². The third-order valence-electron chi connectivity index (χ3n) is 2.75. The van der Waals surface area contributed by atoms with E-state index in [0.29, 0.717) is 11.3 Å². The molecule has 0 unspecified atom stereocenters. The zero-order valence-corrected chi connectivity index (χ0v) is 11.2. The van der Waals surface area contributed by atoms with Gasteiger partial charge in [-0.05, 0) is 23.8 Å². The summed E-state index contributed by atoms with van der Waals surface area (Å²) >= 11 is 0. The molecule has 0 aromatic heterocycles. The van der Waals surface area contributed by atoms with Crippen LogP contribution in [-0.4, -0.2) is 11.8 Å². The summed E-state index contributed by atoms with van der Waals surface area (Å²) in [6.45, 7) is 0.283. The monoisotopic (exact) mass is 279 g/mol. The number of hydrogen-bond donors (Lipinski definition) is 2. The SMILES string of the molecule is N#Cc1cccc(NC(=O)C(=O)NCc2ccccc2)c1. The van der Waals surface area contributed by atoms with Crippen molar-refractivity contribution in [1.82, 2.24) is 5.32 Å². The van der Waals surface area contributed by atoms with E-state index < -0.39 is 11.8 Å². The molecular weight excluding hydrogens is 266 g/mol. The van der Waals surface area contributed by atoms with E-state index in [1.807, 2.05) is 36.4 Å². The van der Waals surface area contributed by atoms with Crippen LogP contribution in [0.4, 0.5) is 5.69 Å². The molecule has 0 saturated carbocycles. The molecular formula is C16H13N3O2. The number of anilines is 1. The summed E-state index contributed by atoms with van der Waals surface area (Å²) < 4.78 is 0. The minimum atomic E-state index is -0.763. The Morgan fingerprint density at radius 2 is 1.76 bits per heavy atom. The fraction of sp³-hybridized carbons (Fsp3) is 0.0625. The number of carbonyl (C=O) groups is 2. The molecule has 0 aliphatic heterocycles. The molecule has 2 rings (SSSR count). The van der Waals surface area contributed by atoms with Gasteiger partial charge in [-0.15, -0.1) is 0 Å². The maximum absolute atomic E-state index is 11.7. The van der Waals surface area contributed by atoms with Gasteiger partial charge in [0, 0.05) is 12.2 Å². The predicted molar refractivity (Wildman–Crippen MR) is 78.1 cm³/mol. The summed E-state index contributed by atoms with van der Waals surface area (Å²) in [7, 11) is 0. The minimum Gasteiger partial charge on any atom is -0.344 e. The van der Waals surface area contributed by atoms with Crippen LogP contribution < -0.4 is 10.6 Å². The Kier molecular flexibility index (Phi) is 4.67. The number of nitriles is 1. The topological polar surface area (TPSA) is 82.0 Å². The molecule has 2 amide bonds. The summed E-state index contributed by atoms with van der Waals surface area (Å²) in [5.41, 5.74) is 1.73. The number of rotatable bonds is 3. The van der Waals surface area contributed by atoms with E-state index in [-0.39, 0.29) is 6.54 Å². The Balaban J connectivity index is 1.91. The Morgan fingerprint density at radius 1 is 1.00 bits per heavy atom. The Bertz CT molecular complexity index is 690. The molecule has 5 nitrogen and oxygen atoms in total. The number of nitrogens with one attached hydrogen (secondary N) is 2. The van der Waals surface area contributed by atoms with Crippen LogP contribution >= 0.6 is 0 Å². The van der Waals surface area contributed by atoms with Crippen molar-refractivity contribution in [3.63, 3.8) is 0 Å². The van der Waals surface area contributed by atoms with Gasteiger partial charge in [-0.25, -0.2) is 0 Å². The van der Waals surface area contributed by atoms with E-state index in [2.05, 4.69) is 10.6 Å². The lowest BCUT2D eigenvalue weighted by molar-refractivity contribution is -0.136. The smallest absolute Gasteiger partial charge is 0.313 e. The molecule has 0 atom stereocenters. The normalized spacial score (nSPS) is 9.48. The fourth-order valence-electron chi connectivity index (χ4n) is 1.71. The molecule has 0 fully saturated rings. The lowest BCUT2D eigenvalue weighted by atomic mass is 10.2. The van der Waals surface area contributed by atoms with Crippen molar-refractivity contribution < 1.29 is 9.59 Å². The molecule has 5 heteroatoms. The number of benzene rings is 2. The van der Waals surface area contributed by atoms with E-state index in [4.69, 9.17) is 5.26 Å². The summed E-state index contributed by atoms with van der Waals surface area (Å²) in [4.78, 5) is 23.4. The lowest BCUT2D eigenvalue weighted by Crippen LogP contribution is -2.34. The molecule has 0 spiro atoms. The second-order valence-corrected chi connectivity index (χ2v) is 4.32. The van der Waals surface area contributed by atoms with Gasteiger partial charge in [-0.1, -0.05) is 36.4 Å². The van der Waals surface area contributed by atoms with E-state index in [9.17, 15) is 9.59 Å². The molecule has 2 aromatic carbocycles. The quantitative estimate of drug-likeness (QED) is 0.841. The van der Waals surface area contributed by atoms with Gasteiger partial charge in [0.1, 0.15) is 0 Å². The van der Waals surface area contributed by atoms with Crippen LogP contribution in [0.15, 0.2) is 54.6 Å². The number of nitrogens with zero attached hydrogens (tertiary/aromatic N) is 1. The van der Waals surface area contributed by atoms with E-state index in [1.165, 1.54) is 6.07 Å². The van der Waals surface area contributed by atoms with Gasteiger partial charge in [0.2, 0.25) is 0 Å². The summed E-state index contributed by atoms with van der Waals surface area (Å²) in [5, 5.41) is 13.8. The second-order valence-electron chi connectivity index (χ2n) is 4.32. The number of amides is 2. The van der Waals surface area contributed by atoms with Gasteiger partial charge in [-0.3, -0.25) is 9.59 Å². The Labute approximate surface area is 122 Å². The van der Waals surface area contributed by atoms with Crippen LogP contribution in [0.2, 0.25) is 0 Å². The number of hydrogen-bond acceptors (Lipinski definition) is 3. The molecule has 0 bridgehead atoms. The van der Waals surface area contributed by atoms with Crippen LogP contribution in [0.1, 0.15) is 11.1 Å². The molecule has 0 heterocycles. The van der Waals surface area contributed by atoms with Crippen LogP contribution in [-0.2, 0) is 16.1 Å². The molecule has 104 valence electrons. The molecule has 2 N–H and O–H groups in total. The Hall–Kier alpha value is -3.13. The average molecular weight is 279 g/mol. The molecule has 21 heavy (non-hydrogen) atoms. The van der Waals surface area contributed by atoms with E-state index in [1.54, 1.807) is 18.2 Å². The van der Waals surface area contributed by atoms with Gasteiger partial charge in [-0.2, -0.15) is 5.26 Å². The van der Waals surface area contributed by atoms with Crippen molar-refractivity contribution in [3.05, 3.63) is 65.7 Å². The standard InChI is InChI=1S/C16H13N3O2/c17-10-13-7-4-8-14(9-13)19-16(21)15(20)18-11-12-5-2-1-3-6-12/h1-9H,11H2,(H,18,20)(H,19,21). The molecule has 0 aliphatic carbocycles. The predicted octanol–water partition coefficient (Wildman–Crippen LogP) is 1.81. The zero-order chi connectivity index (χ0) is 15.1. The Morgan fingerprint density at radius 3 is 2.48 bits per heavy atom. The van der Waals surface area contributed by atoms with Gasteiger partial charge < -0.3 is 10.6 Å². The van der Waals surface area contributed by atoms with E-state index >= 15 is 0 Å². The van der Waals surface area contributed by atoms with Gasteiger partial charge in [0.25, 0.3) is 0 Å². The first-order valence-corrected chi connectivity index (χ1v) is 6.32. The van der Waals surface area contributed by atoms with Gasteiger partial charge >= 0.3 is 11.8 Å². The molecule has 0 saturated heterocycles. The maximum Gasteiger partial charge on any atom is 0.313 e. The van der Waals surface area contributed by atoms with Crippen molar-refractivity contribution in [2.45, 2.75) is 6.54 Å². The highest BCUT2D eigenvalue weighted by Gasteiger charge is 2.13. The highest BCUT2D eigenvalue weighted by Crippen LogP contribution is 2.09. The largest absolute Gasteiger partial charge is 0.344 e. The first-order valence-electron chi connectivity index (χ1n) is 6.32. The van der Waals surface area contributed by atoms with Crippen molar-refractivity contribution >= 4 is 17.5 Å². The van der Waals surface area contributed by atoms with Gasteiger partial charge in [0.15, 0.2) is 0 Å². The van der Waals surface area contributed by atoms with Crippen molar-refractivity contribution in [1.29, 1.82) is 5.26 Å². The number of carbonyl (C=O) groups excluding carboxylic acids is 2. The van der Waals surface area contributed by atoms with Crippen LogP contribution in [0.3, 0.4) is 0 Å². The fourth-order valence-corrected chi connectivity index (χ4v) is 1.71. The first-order chi connectivity index (χ1) is 10.2. The average Bonchev–Trinajstić information content (AvgIpc) is 2.53. The summed E-state index contributed by atoms with van der Waals surface area (Å²) in [6.07, 6.45) is 0.